The van der Waals surface area contributed by atoms with Gasteiger partial charge in [0.25, 0.3) is 10.0 Å². The Labute approximate surface area is 124 Å². The second kappa shape index (κ2) is 5.04. The summed E-state index contributed by atoms with van der Waals surface area (Å²) < 4.78 is 28.1. The number of rotatable bonds is 1. The van der Waals surface area contributed by atoms with Crippen LogP contribution >= 0.6 is 11.6 Å². The lowest BCUT2D eigenvalue weighted by Crippen LogP contribution is -2.40. The molecule has 1 aromatic carbocycles. The first kappa shape index (κ1) is 13.9. The fourth-order valence-corrected chi connectivity index (χ4v) is 4.37. The molecule has 0 spiro atoms. The topological polar surface area (TPSA) is 49.7 Å². The minimum atomic E-state index is -3.51. The molecule has 20 heavy (non-hydrogen) atoms. The first-order valence-corrected chi connectivity index (χ1v) is 8.70. The maximum absolute atomic E-state index is 12.0. The number of hydrogen-bond donors (Lipinski definition) is 0. The minimum absolute atomic E-state index is 0.165. The van der Waals surface area contributed by atoms with Gasteiger partial charge in [0.2, 0.25) is 0 Å². The van der Waals surface area contributed by atoms with Crippen LogP contribution in [0.25, 0.3) is 0 Å². The van der Waals surface area contributed by atoms with E-state index in [9.17, 15) is 8.42 Å². The summed E-state index contributed by atoms with van der Waals surface area (Å²) in [4.78, 5) is 2.39. The molecule has 4 nitrogen and oxygen atoms in total. The van der Waals surface area contributed by atoms with Gasteiger partial charge in [0, 0.05) is 24.0 Å². The number of benzene rings is 1. The number of nitrogens with zero attached hydrogens (tertiary/aromatic N) is 2. The highest BCUT2D eigenvalue weighted by atomic mass is 35.5. The van der Waals surface area contributed by atoms with Gasteiger partial charge >= 0.3 is 0 Å². The monoisotopic (exact) mass is 312 g/mol. The summed E-state index contributed by atoms with van der Waals surface area (Å²) in [6.45, 7) is 3.64. The van der Waals surface area contributed by atoms with E-state index in [0.717, 1.165) is 31.5 Å². The Balaban J connectivity index is 1.87. The van der Waals surface area contributed by atoms with Gasteiger partial charge in [-0.3, -0.25) is 0 Å². The maximum atomic E-state index is 12.0. The highest BCUT2D eigenvalue weighted by molar-refractivity contribution is 7.90. The van der Waals surface area contributed by atoms with Gasteiger partial charge in [0.15, 0.2) is 5.84 Å². The Hall–Kier alpha value is -1.07. The molecule has 0 aromatic heterocycles. The van der Waals surface area contributed by atoms with E-state index in [1.54, 1.807) is 12.1 Å². The van der Waals surface area contributed by atoms with Gasteiger partial charge in [-0.15, -0.1) is 16.0 Å². The first-order valence-electron chi connectivity index (χ1n) is 6.82. The lowest BCUT2D eigenvalue weighted by atomic mass is 9.93. The van der Waals surface area contributed by atoms with Crippen LogP contribution in [0.4, 0.5) is 0 Å². The van der Waals surface area contributed by atoms with Crippen LogP contribution in [-0.4, -0.2) is 37.6 Å². The predicted octanol–water partition coefficient (Wildman–Crippen LogP) is 2.47. The third-order valence-corrected chi connectivity index (χ3v) is 5.78. The van der Waals surface area contributed by atoms with Crippen molar-refractivity contribution in [3.8, 4) is 0 Å². The average molecular weight is 313 g/mol. The Morgan fingerprint density at radius 2 is 1.95 bits per heavy atom. The van der Waals surface area contributed by atoms with Crippen molar-refractivity contribution in [3.63, 3.8) is 0 Å². The second-order valence-corrected chi connectivity index (χ2v) is 7.65. The highest BCUT2D eigenvalue weighted by Crippen LogP contribution is 2.30. The van der Waals surface area contributed by atoms with Crippen molar-refractivity contribution < 1.29 is 8.42 Å². The van der Waals surface area contributed by atoms with Gasteiger partial charge in [0.1, 0.15) is 4.90 Å². The summed E-state index contributed by atoms with van der Waals surface area (Å²) in [7, 11) is -3.51. The quantitative estimate of drug-likeness (QED) is 0.749. The van der Waals surface area contributed by atoms with Crippen molar-refractivity contribution in [2.45, 2.75) is 30.0 Å². The van der Waals surface area contributed by atoms with E-state index < -0.39 is 10.0 Å². The van der Waals surface area contributed by atoms with Gasteiger partial charge in [-0.05, 0) is 37.8 Å². The SMILES string of the molecule is CC(Cl)C1CCN(C2=NS(=O)(=O)c3ccccc32)CC1. The van der Waals surface area contributed by atoms with Gasteiger partial charge in [-0.25, -0.2) is 0 Å². The summed E-state index contributed by atoms with van der Waals surface area (Å²) in [6.07, 6.45) is 1.96. The van der Waals surface area contributed by atoms with Crippen molar-refractivity contribution in [1.82, 2.24) is 4.90 Å². The fraction of sp³-hybridized carbons (Fsp3) is 0.500. The molecule has 1 aromatic rings. The summed E-state index contributed by atoms with van der Waals surface area (Å²) in [5, 5.41) is 0.165. The van der Waals surface area contributed by atoms with Crippen LogP contribution in [0.3, 0.4) is 0 Å². The maximum Gasteiger partial charge on any atom is 0.285 e. The Morgan fingerprint density at radius 3 is 2.60 bits per heavy atom. The molecule has 2 aliphatic heterocycles. The lowest BCUT2D eigenvalue weighted by Gasteiger charge is -2.34. The number of alkyl halides is 1. The molecule has 1 fully saturated rings. The van der Waals surface area contributed by atoms with Crippen LogP contribution in [0.1, 0.15) is 25.3 Å². The third-order valence-electron chi connectivity index (χ3n) is 4.10. The minimum Gasteiger partial charge on any atom is -0.355 e. The Kier molecular flexibility index (Phi) is 3.50. The number of halogens is 1. The third kappa shape index (κ3) is 2.33. The molecular formula is C14H17ClN2O2S. The smallest absolute Gasteiger partial charge is 0.285 e. The van der Waals surface area contributed by atoms with E-state index in [-0.39, 0.29) is 5.38 Å². The van der Waals surface area contributed by atoms with Crippen LogP contribution in [0.2, 0.25) is 0 Å². The molecule has 0 bridgehead atoms. The van der Waals surface area contributed by atoms with Crippen molar-refractivity contribution in [1.29, 1.82) is 0 Å². The molecule has 0 saturated carbocycles. The van der Waals surface area contributed by atoms with E-state index >= 15 is 0 Å². The van der Waals surface area contributed by atoms with Gasteiger partial charge in [0.05, 0.1) is 0 Å². The zero-order valence-corrected chi connectivity index (χ0v) is 12.9. The van der Waals surface area contributed by atoms with Crippen molar-refractivity contribution in [3.05, 3.63) is 29.8 Å². The van der Waals surface area contributed by atoms with Crippen LogP contribution < -0.4 is 0 Å². The molecule has 108 valence electrons. The van der Waals surface area contributed by atoms with Crippen LogP contribution in [-0.2, 0) is 10.0 Å². The molecule has 2 aliphatic rings. The van der Waals surface area contributed by atoms with Gasteiger partial charge in [-0.1, -0.05) is 12.1 Å². The fourth-order valence-electron chi connectivity index (χ4n) is 2.89. The molecule has 1 atom stereocenters. The number of piperidine rings is 1. The van der Waals surface area contributed by atoms with Crippen LogP contribution in [0, 0.1) is 5.92 Å². The van der Waals surface area contributed by atoms with Crippen molar-refractivity contribution >= 4 is 27.5 Å². The van der Waals surface area contributed by atoms with E-state index in [2.05, 4.69) is 9.30 Å². The normalized spacial score (nSPS) is 23.3. The zero-order valence-electron chi connectivity index (χ0n) is 11.3. The lowest BCUT2D eigenvalue weighted by molar-refractivity contribution is 0.265. The number of fused-ring (bicyclic) bond motifs is 1. The molecule has 0 aliphatic carbocycles. The first-order chi connectivity index (χ1) is 9.49. The largest absolute Gasteiger partial charge is 0.355 e. The average Bonchev–Trinajstić information content (AvgIpc) is 2.72. The number of amidine groups is 1. The number of likely N-dealkylation sites (tertiary alicyclic amines) is 1. The summed E-state index contributed by atoms with van der Waals surface area (Å²) in [5.74, 6) is 1.10. The number of hydrogen-bond acceptors (Lipinski definition) is 3. The molecule has 1 unspecified atom stereocenters. The zero-order chi connectivity index (χ0) is 14.3. The van der Waals surface area contributed by atoms with E-state index in [1.165, 1.54) is 0 Å². The van der Waals surface area contributed by atoms with Crippen LogP contribution in [0.15, 0.2) is 33.6 Å². The summed E-state index contributed by atoms with van der Waals surface area (Å²) >= 11 is 6.15. The molecule has 2 heterocycles. The summed E-state index contributed by atoms with van der Waals surface area (Å²) in [5.41, 5.74) is 0.727. The Bertz CT molecular complexity index is 647. The van der Waals surface area contributed by atoms with E-state index in [4.69, 9.17) is 11.6 Å². The van der Waals surface area contributed by atoms with E-state index in [1.807, 2.05) is 19.1 Å². The van der Waals surface area contributed by atoms with Crippen LogP contribution in [0.5, 0.6) is 0 Å². The standard InChI is InChI=1S/C14H17ClN2O2S/c1-10(15)11-6-8-17(9-7-11)14-12-4-2-3-5-13(12)20(18,19)16-14/h2-5,10-11H,6-9H2,1H3. The number of sulfonamides is 1. The molecule has 0 amide bonds. The second-order valence-electron chi connectivity index (χ2n) is 5.39. The molecule has 0 radical (unpaired) electrons. The molecule has 0 N–H and O–H groups in total. The molecule has 3 rings (SSSR count). The molecule has 6 heteroatoms. The molecular weight excluding hydrogens is 296 g/mol. The summed E-state index contributed by atoms with van der Waals surface area (Å²) in [6, 6.07) is 7.03. The highest BCUT2D eigenvalue weighted by Gasteiger charge is 2.33. The van der Waals surface area contributed by atoms with E-state index in [0.29, 0.717) is 16.6 Å². The Morgan fingerprint density at radius 1 is 1.30 bits per heavy atom. The van der Waals surface area contributed by atoms with Crippen molar-refractivity contribution in [2.24, 2.45) is 10.3 Å². The molecule has 1 saturated heterocycles. The van der Waals surface area contributed by atoms with Gasteiger partial charge in [-0.2, -0.15) is 8.42 Å². The predicted molar refractivity (Wildman–Crippen MR) is 79.8 cm³/mol. The van der Waals surface area contributed by atoms with Crippen molar-refractivity contribution in [2.75, 3.05) is 13.1 Å². The van der Waals surface area contributed by atoms with Gasteiger partial charge < -0.3 is 4.90 Å².